The Morgan fingerprint density at radius 2 is 1.95 bits per heavy atom. The van der Waals surface area contributed by atoms with Crippen molar-refractivity contribution in [2.75, 3.05) is 13.2 Å². The normalized spacial score (nSPS) is 10.4. The molecule has 4 heteroatoms. The lowest BCUT2D eigenvalue weighted by molar-refractivity contribution is 0.313. The zero-order chi connectivity index (χ0) is 13.5. The summed E-state index contributed by atoms with van der Waals surface area (Å²) in [5.41, 5.74) is 0.893. The molecule has 0 aliphatic heterocycles. The van der Waals surface area contributed by atoms with Crippen LogP contribution in [0, 0.1) is 0 Å². The number of phenolic OH excluding ortho intramolecular Hbond substituents is 1. The number of ether oxygens (including phenoxy) is 1. The third-order valence-corrected chi connectivity index (χ3v) is 3.14. The quantitative estimate of drug-likeness (QED) is 0.802. The first-order chi connectivity index (χ1) is 9.25. The van der Waals surface area contributed by atoms with Gasteiger partial charge in [0.1, 0.15) is 18.1 Å². The smallest absolute Gasteiger partial charge is 0.120 e. The first-order valence-electron chi connectivity index (χ1n) is 6.11. The summed E-state index contributed by atoms with van der Waals surface area (Å²) in [6.45, 7) is 1.94. The van der Waals surface area contributed by atoms with Gasteiger partial charge in [0.05, 0.1) is 0 Å². The van der Waals surface area contributed by atoms with Gasteiger partial charge in [0.2, 0.25) is 0 Å². The highest BCUT2D eigenvalue weighted by molar-refractivity contribution is 9.10. The molecular weight excluding hydrogens is 306 g/mol. The molecule has 0 aliphatic carbocycles. The summed E-state index contributed by atoms with van der Waals surface area (Å²) >= 11 is 3.40. The summed E-state index contributed by atoms with van der Waals surface area (Å²) in [4.78, 5) is 0. The lowest BCUT2D eigenvalue weighted by atomic mass is 10.2. The van der Waals surface area contributed by atoms with Gasteiger partial charge in [-0.2, -0.15) is 0 Å². The summed E-state index contributed by atoms with van der Waals surface area (Å²) in [5.74, 6) is 1.17. The van der Waals surface area contributed by atoms with Crippen molar-refractivity contribution in [1.29, 1.82) is 0 Å². The van der Waals surface area contributed by atoms with Crippen LogP contribution in [0.3, 0.4) is 0 Å². The Morgan fingerprint density at radius 1 is 1.11 bits per heavy atom. The Balaban J connectivity index is 1.69. The van der Waals surface area contributed by atoms with Gasteiger partial charge in [-0.1, -0.05) is 40.2 Å². The Kier molecular flexibility index (Phi) is 5.24. The van der Waals surface area contributed by atoms with Gasteiger partial charge in [-0.15, -0.1) is 0 Å². The standard InChI is InChI=1S/C15H16BrNO2/c16-13-5-3-6-14(10-13)19-9-8-17-11-12-4-1-2-7-15(12)18/h1-7,10,17-18H,8-9,11H2. The third kappa shape index (κ3) is 4.58. The molecule has 2 N–H and O–H groups in total. The highest BCUT2D eigenvalue weighted by atomic mass is 79.9. The number of benzene rings is 2. The lowest BCUT2D eigenvalue weighted by Gasteiger charge is -2.08. The maximum atomic E-state index is 9.60. The molecule has 19 heavy (non-hydrogen) atoms. The average molecular weight is 322 g/mol. The summed E-state index contributed by atoms with van der Waals surface area (Å²) in [7, 11) is 0. The zero-order valence-corrected chi connectivity index (χ0v) is 12.1. The van der Waals surface area contributed by atoms with Gasteiger partial charge in [0.25, 0.3) is 0 Å². The molecule has 0 bridgehead atoms. The van der Waals surface area contributed by atoms with Gasteiger partial charge in [-0.25, -0.2) is 0 Å². The predicted molar refractivity (Wildman–Crippen MR) is 79.5 cm³/mol. The van der Waals surface area contributed by atoms with E-state index in [9.17, 15) is 5.11 Å². The van der Waals surface area contributed by atoms with E-state index < -0.39 is 0 Å². The molecule has 0 amide bonds. The lowest BCUT2D eigenvalue weighted by Crippen LogP contribution is -2.20. The molecule has 0 unspecified atom stereocenters. The summed E-state index contributed by atoms with van der Waals surface area (Å²) in [6.07, 6.45) is 0. The van der Waals surface area contributed by atoms with E-state index in [2.05, 4.69) is 21.2 Å². The van der Waals surface area contributed by atoms with E-state index in [1.165, 1.54) is 0 Å². The number of aromatic hydroxyl groups is 1. The van der Waals surface area contributed by atoms with E-state index in [0.717, 1.165) is 22.3 Å². The van der Waals surface area contributed by atoms with E-state index in [4.69, 9.17) is 4.74 Å². The van der Waals surface area contributed by atoms with Crippen LogP contribution in [0.2, 0.25) is 0 Å². The van der Waals surface area contributed by atoms with Crippen LogP contribution in [0.1, 0.15) is 5.56 Å². The minimum atomic E-state index is 0.322. The zero-order valence-electron chi connectivity index (χ0n) is 10.5. The minimum absolute atomic E-state index is 0.322. The Labute approximate surface area is 121 Å². The van der Waals surface area contributed by atoms with Crippen molar-refractivity contribution in [2.45, 2.75) is 6.54 Å². The van der Waals surface area contributed by atoms with E-state index in [1.807, 2.05) is 42.5 Å². The second-order valence-electron chi connectivity index (χ2n) is 4.11. The number of hydrogen-bond donors (Lipinski definition) is 2. The number of phenols is 1. The number of rotatable bonds is 6. The predicted octanol–water partition coefficient (Wildman–Crippen LogP) is 3.32. The molecule has 0 spiro atoms. The molecule has 2 aromatic rings. The molecule has 0 fully saturated rings. The molecule has 100 valence electrons. The van der Waals surface area contributed by atoms with Crippen molar-refractivity contribution in [3.8, 4) is 11.5 Å². The maximum absolute atomic E-state index is 9.60. The molecule has 0 saturated carbocycles. The third-order valence-electron chi connectivity index (χ3n) is 2.65. The fourth-order valence-electron chi connectivity index (χ4n) is 1.68. The van der Waals surface area contributed by atoms with E-state index in [1.54, 1.807) is 6.07 Å². The van der Waals surface area contributed by atoms with Crippen LogP contribution >= 0.6 is 15.9 Å². The summed E-state index contributed by atoms with van der Waals surface area (Å²) in [6, 6.07) is 15.1. The highest BCUT2D eigenvalue weighted by Gasteiger charge is 1.99. The van der Waals surface area contributed by atoms with Crippen LogP contribution in [-0.4, -0.2) is 18.3 Å². The number of hydrogen-bond acceptors (Lipinski definition) is 3. The van der Waals surface area contributed by atoms with Gasteiger partial charge in [-0.3, -0.25) is 0 Å². The Hall–Kier alpha value is -1.52. The van der Waals surface area contributed by atoms with Crippen molar-refractivity contribution in [3.63, 3.8) is 0 Å². The number of nitrogens with one attached hydrogen (secondary N) is 1. The van der Waals surface area contributed by atoms with E-state index in [-0.39, 0.29) is 0 Å². The van der Waals surface area contributed by atoms with Gasteiger partial charge in [-0.05, 0) is 24.3 Å². The number of halogens is 1. The molecule has 3 nitrogen and oxygen atoms in total. The van der Waals surface area contributed by atoms with Crippen molar-refractivity contribution >= 4 is 15.9 Å². The molecule has 0 heterocycles. The molecule has 2 rings (SSSR count). The van der Waals surface area contributed by atoms with Crippen LogP contribution in [0.5, 0.6) is 11.5 Å². The molecule has 2 aromatic carbocycles. The largest absolute Gasteiger partial charge is 0.508 e. The second kappa shape index (κ2) is 7.16. The van der Waals surface area contributed by atoms with Crippen molar-refractivity contribution < 1.29 is 9.84 Å². The Bertz CT molecular complexity index is 531. The topological polar surface area (TPSA) is 41.5 Å². The molecular formula is C15H16BrNO2. The first kappa shape index (κ1) is 13.9. The van der Waals surface area contributed by atoms with Crippen LogP contribution in [0.25, 0.3) is 0 Å². The molecule has 0 saturated heterocycles. The van der Waals surface area contributed by atoms with E-state index in [0.29, 0.717) is 18.9 Å². The van der Waals surface area contributed by atoms with Crippen LogP contribution in [0.4, 0.5) is 0 Å². The molecule has 0 aromatic heterocycles. The molecule has 0 aliphatic rings. The Morgan fingerprint density at radius 3 is 2.74 bits per heavy atom. The molecule has 0 radical (unpaired) electrons. The van der Waals surface area contributed by atoms with Gasteiger partial charge in [0.15, 0.2) is 0 Å². The van der Waals surface area contributed by atoms with Crippen molar-refractivity contribution in [3.05, 3.63) is 58.6 Å². The summed E-state index contributed by atoms with van der Waals surface area (Å²) < 4.78 is 6.61. The monoisotopic (exact) mass is 321 g/mol. The van der Waals surface area contributed by atoms with Crippen LogP contribution in [0.15, 0.2) is 53.0 Å². The number of para-hydroxylation sites is 1. The van der Waals surface area contributed by atoms with Gasteiger partial charge >= 0.3 is 0 Å². The van der Waals surface area contributed by atoms with E-state index >= 15 is 0 Å². The van der Waals surface area contributed by atoms with Crippen molar-refractivity contribution in [1.82, 2.24) is 5.32 Å². The summed E-state index contributed by atoms with van der Waals surface area (Å²) in [5, 5.41) is 12.8. The SMILES string of the molecule is Oc1ccccc1CNCCOc1cccc(Br)c1. The fraction of sp³-hybridized carbons (Fsp3) is 0.200. The second-order valence-corrected chi connectivity index (χ2v) is 5.03. The minimum Gasteiger partial charge on any atom is -0.508 e. The first-order valence-corrected chi connectivity index (χ1v) is 6.91. The van der Waals surface area contributed by atoms with Crippen LogP contribution < -0.4 is 10.1 Å². The van der Waals surface area contributed by atoms with Crippen molar-refractivity contribution in [2.24, 2.45) is 0 Å². The molecule has 0 atom stereocenters. The maximum Gasteiger partial charge on any atom is 0.120 e. The highest BCUT2D eigenvalue weighted by Crippen LogP contribution is 2.17. The van der Waals surface area contributed by atoms with Crippen LogP contribution in [-0.2, 0) is 6.54 Å². The fourth-order valence-corrected chi connectivity index (χ4v) is 2.06. The van der Waals surface area contributed by atoms with Gasteiger partial charge in [0, 0.05) is 23.1 Å². The van der Waals surface area contributed by atoms with Gasteiger partial charge < -0.3 is 15.2 Å². The average Bonchev–Trinajstić information content (AvgIpc) is 2.40.